The van der Waals surface area contributed by atoms with Gasteiger partial charge in [0.25, 0.3) is 0 Å². The first-order chi connectivity index (χ1) is 10.6. The summed E-state index contributed by atoms with van der Waals surface area (Å²) in [4.78, 5) is 17.4. The lowest BCUT2D eigenvalue weighted by atomic mass is 9.73. The van der Waals surface area contributed by atoms with Gasteiger partial charge in [0.15, 0.2) is 5.82 Å². The molecule has 22 heavy (non-hydrogen) atoms. The molecule has 2 saturated carbocycles. The van der Waals surface area contributed by atoms with Crippen molar-refractivity contribution < 1.29 is 4.79 Å². The number of aromatic amines is 1. The van der Waals surface area contributed by atoms with E-state index in [0.29, 0.717) is 18.4 Å². The number of carbonyl (C=O) groups excluding carboxylic acids is 1. The number of hydrogen-bond donors (Lipinski definition) is 1. The molecule has 2 heterocycles. The van der Waals surface area contributed by atoms with Crippen molar-refractivity contribution in [1.29, 1.82) is 0 Å². The molecular weight excluding hydrogens is 280 g/mol. The molecule has 0 aromatic carbocycles. The Kier molecular flexibility index (Phi) is 3.40. The number of fused-ring (bicyclic) bond motifs is 2. The van der Waals surface area contributed by atoms with Crippen molar-refractivity contribution in [3.63, 3.8) is 0 Å². The van der Waals surface area contributed by atoms with Crippen LogP contribution >= 0.6 is 0 Å². The molecule has 2 aliphatic carbocycles. The summed E-state index contributed by atoms with van der Waals surface area (Å²) in [5, 5.41) is 14.1. The zero-order valence-corrected chi connectivity index (χ0v) is 13.2. The van der Waals surface area contributed by atoms with Gasteiger partial charge in [0.05, 0.1) is 6.54 Å². The fourth-order valence-corrected chi connectivity index (χ4v) is 4.79. The number of carbonyl (C=O) groups is 1. The monoisotopic (exact) mass is 304 g/mol. The fourth-order valence-electron chi connectivity index (χ4n) is 4.79. The Bertz CT molecular complexity index is 538. The van der Waals surface area contributed by atoms with Crippen LogP contribution in [0, 0.1) is 17.3 Å². The normalized spacial score (nSPS) is 35.2. The molecule has 7 nitrogen and oxygen atoms in total. The van der Waals surface area contributed by atoms with E-state index in [1.54, 1.807) is 0 Å². The molecule has 7 heteroatoms. The first-order valence-corrected chi connectivity index (χ1v) is 8.39. The van der Waals surface area contributed by atoms with Gasteiger partial charge in [0, 0.05) is 31.6 Å². The highest BCUT2D eigenvalue weighted by atomic mass is 16.2. The molecule has 3 atom stereocenters. The minimum Gasteiger partial charge on any atom is -0.340 e. The zero-order chi connectivity index (χ0) is 15.2. The number of nitrogens with zero attached hydrogens (tertiary/aromatic N) is 5. The number of tetrazole rings is 1. The Morgan fingerprint density at radius 2 is 2.14 bits per heavy atom. The zero-order valence-electron chi connectivity index (χ0n) is 13.2. The van der Waals surface area contributed by atoms with Gasteiger partial charge in [0.1, 0.15) is 0 Å². The molecule has 3 unspecified atom stereocenters. The second-order valence-electron chi connectivity index (χ2n) is 7.39. The van der Waals surface area contributed by atoms with Crippen molar-refractivity contribution in [1.82, 2.24) is 30.4 Å². The summed E-state index contributed by atoms with van der Waals surface area (Å²) in [6.45, 7) is 6.35. The third-order valence-corrected chi connectivity index (χ3v) is 6.06. The maximum Gasteiger partial charge on any atom is 0.228 e. The Balaban J connectivity index is 1.34. The molecule has 4 rings (SSSR count). The van der Waals surface area contributed by atoms with Crippen LogP contribution < -0.4 is 0 Å². The minimum atomic E-state index is -0.0846. The number of H-pyrrole nitrogens is 1. The first kappa shape index (κ1) is 14.1. The first-order valence-electron chi connectivity index (χ1n) is 8.39. The van der Waals surface area contributed by atoms with Gasteiger partial charge in [-0.3, -0.25) is 9.69 Å². The quantitative estimate of drug-likeness (QED) is 0.888. The van der Waals surface area contributed by atoms with Crippen LogP contribution in [0.4, 0.5) is 0 Å². The van der Waals surface area contributed by atoms with Crippen molar-refractivity contribution in [2.75, 3.05) is 26.2 Å². The van der Waals surface area contributed by atoms with Crippen molar-refractivity contribution in [3.05, 3.63) is 5.82 Å². The van der Waals surface area contributed by atoms with E-state index in [1.807, 2.05) is 0 Å². The van der Waals surface area contributed by atoms with Crippen LogP contribution in [-0.2, 0) is 11.3 Å². The highest BCUT2D eigenvalue weighted by molar-refractivity contribution is 5.83. The third kappa shape index (κ3) is 2.31. The summed E-state index contributed by atoms with van der Waals surface area (Å²) in [6.07, 6.45) is 4.98. The lowest BCUT2D eigenvalue weighted by Crippen LogP contribution is -2.53. The Morgan fingerprint density at radius 1 is 1.32 bits per heavy atom. The van der Waals surface area contributed by atoms with Crippen LogP contribution in [0.2, 0.25) is 0 Å². The van der Waals surface area contributed by atoms with Crippen molar-refractivity contribution in [2.24, 2.45) is 17.3 Å². The van der Waals surface area contributed by atoms with E-state index < -0.39 is 0 Å². The van der Waals surface area contributed by atoms with Gasteiger partial charge < -0.3 is 4.90 Å². The van der Waals surface area contributed by atoms with Crippen LogP contribution in [0.1, 0.15) is 38.4 Å². The van der Waals surface area contributed by atoms with Crippen LogP contribution in [-0.4, -0.2) is 62.5 Å². The summed E-state index contributed by atoms with van der Waals surface area (Å²) < 4.78 is 0. The number of rotatable bonds is 3. The van der Waals surface area contributed by atoms with Crippen molar-refractivity contribution in [2.45, 2.75) is 39.2 Å². The lowest BCUT2D eigenvalue weighted by molar-refractivity contribution is -0.146. The predicted molar refractivity (Wildman–Crippen MR) is 79.6 cm³/mol. The number of piperazine rings is 1. The van der Waals surface area contributed by atoms with Gasteiger partial charge in [-0.2, -0.15) is 5.21 Å². The Hall–Kier alpha value is -1.50. The van der Waals surface area contributed by atoms with Crippen LogP contribution in [0.25, 0.3) is 0 Å². The van der Waals surface area contributed by atoms with Gasteiger partial charge in [-0.15, -0.1) is 10.2 Å². The van der Waals surface area contributed by atoms with E-state index in [-0.39, 0.29) is 5.41 Å². The SMILES string of the molecule is CC1(C(=O)N2CCN(Cc3nn[nH]n3)CC2)CC2CCC1C2. The maximum absolute atomic E-state index is 13.0. The summed E-state index contributed by atoms with van der Waals surface area (Å²) in [5.41, 5.74) is -0.0846. The van der Waals surface area contributed by atoms with Crippen LogP contribution in [0.3, 0.4) is 0 Å². The van der Waals surface area contributed by atoms with E-state index >= 15 is 0 Å². The number of nitrogens with one attached hydrogen (secondary N) is 1. The summed E-state index contributed by atoms with van der Waals surface area (Å²) in [7, 11) is 0. The van der Waals surface area contributed by atoms with E-state index in [0.717, 1.165) is 44.3 Å². The fraction of sp³-hybridized carbons (Fsp3) is 0.867. The highest BCUT2D eigenvalue weighted by Crippen LogP contribution is 2.56. The predicted octanol–water partition coefficient (Wildman–Crippen LogP) is 0.670. The van der Waals surface area contributed by atoms with Gasteiger partial charge in [-0.05, 0) is 31.1 Å². The second kappa shape index (κ2) is 5.30. The molecule has 0 radical (unpaired) electrons. The summed E-state index contributed by atoms with van der Waals surface area (Å²) >= 11 is 0. The lowest BCUT2D eigenvalue weighted by Gasteiger charge is -2.41. The van der Waals surface area contributed by atoms with Gasteiger partial charge in [0.2, 0.25) is 5.91 Å². The topological polar surface area (TPSA) is 78.0 Å². The van der Waals surface area contributed by atoms with Crippen LogP contribution in [0.15, 0.2) is 0 Å². The van der Waals surface area contributed by atoms with E-state index in [4.69, 9.17) is 0 Å². The molecular formula is C15H24N6O. The van der Waals surface area contributed by atoms with Gasteiger partial charge in [-0.25, -0.2) is 0 Å². The Labute approximate surface area is 130 Å². The molecule has 3 aliphatic rings. The average Bonchev–Trinajstić information content (AvgIpc) is 3.24. The van der Waals surface area contributed by atoms with E-state index in [1.165, 1.54) is 19.3 Å². The molecule has 1 aromatic heterocycles. The molecule has 120 valence electrons. The van der Waals surface area contributed by atoms with Crippen LogP contribution in [0.5, 0.6) is 0 Å². The van der Waals surface area contributed by atoms with Crippen molar-refractivity contribution in [3.8, 4) is 0 Å². The summed E-state index contributed by atoms with van der Waals surface area (Å²) in [6, 6.07) is 0. The number of hydrogen-bond acceptors (Lipinski definition) is 5. The Morgan fingerprint density at radius 3 is 2.73 bits per heavy atom. The molecule has 1 amide bonds. The summed E-state index contributed by atoms with van der Waals surface area (Å²) in [5.74, 6) is 2.56. The number of amides is 1. The molecule has 2 bridgehead atoms. The average molecular weight is 304 g/mol. The smallest absolute Gasteiger partial charge is 0.228 e. The second-order valence-corrected chi connectivity index (χ2v) is 7.39. The molecule has 1 aromatic rings. The maximum atomic E-state index is 13.0. The highest BCUT2D eigenvalue weighted by Gasteiger charge is 2.53. The third-order valence-electron chi connectivity index (χ3n) is 6.06. The minimum absolute atomic E-state index is 0.0846. The standard InChI is InChI=1S/C15H24N6O/c1-15(9-11-2-3-12(15)8-11)14(22)21-6-4-20(5-7-21)10-13-16-18-19-17-13/h11-12H,2-10H2,1H3,(H,16,17,18,19). The van der Waals surface area contributed by atoms with Gasteiger partial charge in [-0.1, -0.05) is 18.6 Å². The molecule has 1 N–H and O–H groups in total. The number of aromatic nitrogens is 4. The largest absolute Gasteiger partial charge is 0.340 e. The molecule has 1 saturated heterocycles. The van der Waals surface area contributed by atoms with Gasteiger partial charge >= 0.3 is 0 Å². The van der Waals surface area contributed by atoms with E-state index in [9.17, 15) is 4.79 Å². The van der Waals surface area contributed by atoms with Crippen molar-refractivity contribution >= 4 is 5.91 Å². The van der Waals surface area contributed by atoms with E-state index in [2.05, 4.69) is 37.3 Å². The molecule has 1 aliphatic heterocycles. The molecule has 0 spiro atoms. The molecule has 3 fully saturated rings.